The number of piperidine rings is 1. The summed E-state index contributed by atoms with van der Waals surface area (Å²) < 4.78 is 16.1. The normalized spacial score (nSPS) is 19.5. The van der Waals surface area contributed by atoms with E-state index in [1.807, 2.05) is 0 Å². The lowest BCUT2D eigenvalue weighted by Gasteiger charge is -2.33. The molecule has 0 radical (unpaired) electrons. The maximum absolute atomic E-state index is 13.3. The van der Waals surface area contributed by atoms with Gasteiger partial charge in [-0.2, -0.15) is 5.10 Å². The molecule has 30 heavy (non-hydrogen) atoms. The molecule has 3 heterocycles. The van der Waals surface area contributed by atoms with E-state index in [1.54, 1.807) is 9.47 Å². The van der Waals surface area contributed by atoms with Crippen molar-refractivity contribution in [1.82, 2.24) is 19.2 Å². The van der Waals surface area contributed by atoms with Crippen LogP contribution < -0.4 is 11.4 Å². The molecule has 2 aliphatic heterocycles. The number of nitrogens with two attached hydrogens (primary N) is 1. The fourth-order valence-electron chi connectivity index (χ4n) is 4.26. The Labute approximate surface area is 177 Å². The summed E-state index contributed by atoms with van der Waals surface area (Å²) in [6.07, 6.45) is 2.42. The smallest absolute Gasteiger partial charge is 0.346 e. The minimum atomic E-state index is -0.499. The van der Waals surface area contributed by atoms with Gasteiger partial charge < -0.3 is 10.6 Å². The average Bonchev–Trinajstić information content (AvgIpc) is 3.05. The number of nitrogens with zero attached hydrogens (tertiary/aromatic N) is 4. The van der Waals surface area contributed by atoms with E-state index < -0.39 is 11.7 Å². The van der Waals surface area contributed by atoms with Gasteiger partial charge in [-0.25, -0.2) is 13.9 Å². The Morgan fingerprint density at radius 1 is 1.20 bits per heavy atom. The second kappa shape index (κ2) is 8.22. The Morgan fingerprint density at radius 3 is 2.60 bits per heavy atom. The number of primary amides is 1. The maximum Gasteiger partial charge on any atom is 0.346 e. The number of rotatable bonds is 4. The molecule has 1 unspecified atom stereocenters. The van der Waals surface area contributed by atoms with Crippen LogP contribution in [0.2, 0.25) is 5.02 Å². The van der Waals surface area contributed by atoms with Crippen molar-refractivity contribution in [3.05, 3.63) is 50.9 Å². The SMILES string of the molecule is NC(=O)C1CCN(C(=O)C2CCCn3c2nn(Cc2ccc(F)cc2Cl)c3=O)CC1. The van der Waals surface area contributed by atoms with E-state index in [4.69, 9.17) is 17.3 Å². The predicted octanol–water partition coefficient (Wildman–Crippen LogP) is 1.49. The minimum absolute atomic E-state index is 0.0733. The van der Waals surface area contributed by atoms with Crippen LogP contribution in [-0.4, -0.2) is 44.2 Å². The number of halogens is 2. The molecule has 2 amide bonds. The molecule has 10 heteroatoms. The van der Waals surface area contributed by atoms with Gasteiger partial charge in [0.1, 0.15) is 11.6 Å². The van der Waals surface area contributed by atoms with Crippen molar-refractivity contribution in [1.29, 1.82) is 0 Å². The number of fused-ring (bicyclic) bond motifs is 1. The number of hydrogen-bond donors (Lipinski definition) is 1. The van der Waals surface area contributed by atoms with Gasteiger partial charge in [0.2, 0.25) is 11.8 Å². The summed E-state index contributed by atoms with van der Waals surface area (Å²) in [6, 6.07) is 4.00. The summed E-state index contributed by atoms with van der Waals surface area (Å²) in [6.45, 7) is 1.54. The van der Waals surface area contributed by atoms with Crippen molar-refractivity contribution in [2.75, 3.05) is 13.1 Å². The van der Waals surface area contributed by atoms with E-state index in [0.717, 1.165) is 0 Å². The number of carbonyl (C=O) groups is 2. The van der Waals surface area contributed by atoms with Crippen LogP contribution >= 0.6 is 11.6 Å². The van der Waals surface area contributed by atoms with E-state index in [2.05, 4.69) is 5.10 Å². The van der Waals surface area contributed by atoms with E-state index >= 15 is 0 Å². The summed E-state index contributed by atoms with van der Waals surface area (Å²) in [5, 5.41) is 4.66. The lowest BCUT2D eigenvalue weighted by atomic mass is 9.93. The molecule has 2 N–H and O–H groups in total. The standard InChI is InChI=1S/C20H23ClFN5O3/c21-16-10-14(22)4-3-13(16)11-27-20(30)26-7-1-2-15(18(26)24-27)19(29)25-8-5-12(6-9-25)17(23)28/h3-4,10,12,15H,1-2,5-9,11H2,(H2,23,28). The van der Waals surface area contributed by atoms with Crippen LogP contribution in [-0.2, 0) is 22.7 Å². The fourth-order valence-corrected chi connectivity index (χ4v) is 4.49. The second-order valence-corrected chi connectivity index (χ2v) is 8.29. The van der Waals surface area contributed by atoms with Gasteiger partial charge in [0, 0.05) is 30.6 Å². The van der Waals surface area contributed by atoms with Gasteiger partial charge in [-0.1, -0.05) is 17.7 Å². The van der Waals surface area contributed by atoms with Crippen LogP contribution in [0.3, 0.4) is 0 Å². The minimum Gasteiger partial charge on any atom is -0.369 e. The quantitative estimate of drug-likeness (QED) is 0.785. The van der Waals surface area contributed by atoms with Gasteiger partial charge >= 0.3 is 5.69 Å². The van der Waals surface area contributed by atoms with Crippen molar-refractivity contribution in [2.45, 2.75) is 44.7 Å². The predicted molar refractivity (Wildman–Crippen MR) is 107 cm³/mol. The third-order valence-corrected chi connectivity index (χ3v) is 6.33. The second-order valence-electron chi connectivity index (χ2n) is 7.88. The van der Waals surface area contributed by atoms with Crippen LogP contribution in [0.15, 0.2) is 23.0 Å². The molecule has 160 valence electrons. The highest BCUT2D eigenvalue weighted by Gasteiger charge is 2.36. The van der Waals surface area contributed by atoms with Crippen molar-refractivity contribution >= 4 is 23.4 Å². The zero-order chi connectivity index (χ0) is 21.4. The average molecular weight is 436 g/mol. The van der Waals surface area contributed by atoms with Crippen molar-refractivity contribution < 1.29 is 14.0 Å². The molecule has 1 saturated heterocycles. The van der Waals surface area contributed by atoms with E-state index in [-0.39, 0.29) is 35.0 Å². The van der Waals surface area contributed by atoms with Crippen LogP contribution in [0.1, 0.15) is 43.0 Å². The topological polar surface area (TPSA) is 103 Å². The lowest BCUT2D eigenvalue weighted by Crippen LogP contribution is -2.44. The fraction of sp³-hybridized carbons (Fsp3) is 0.500. The molecule has 2 aliphatic rings. The molecule has 0 bridgehead atoms. The Balaban J connectivity index is 1.56. The number of aromatic nitrogens is 3. The Morgan fingerprint density at radius 2 is 1.93 bits per heavy atom. The molecule has 1 aromatic carbocycles. The molecular weight excluding hydrogens is 413 g/mol. The summed E-state index contributed by atoms with van der Waals surface area (Å²) >= 11 is 6.09. The molecule has 0 aliphatic carbocycles. The summed E-state index contributed by atoms with van der Waals surface area (Å²) in [5.41, 5.74) is 5.64. The van der Waals surface area contributed by atoms with Gasteiger partial charge in [0.25, 0.3) is 0 Å². The third-order valence-electron chi connectivity index (χ3n) is 5.98. The first-order chi connectivity index (χ1) is 14.3. The maximum atomic E-state index is 13.3. The van der Waals surface area contributed by atoms with Crippen LogP contribution in [0.4, 0.5) is 4.39 Å². The number of amides is 2. The number of hydrogen-bond acceptors (Lipinski definition) is 4. The molecule has 4 rings (SSSR count). The number of likely N-dealkylation sites (tertiary alicyclic amines) is 1. The van der Waals surface area contributed by atoms with Gasteiger partial charge in [-0.15, -0.1) is 0 Å². The summed E-state index contributed by atoms with van der Waals surface area (Å²) in [7, 11) is 0. The molecule has 0 spiro atoms. The lowest BCUT2D eigenvalue weighted by molar-refractivity contribution is -0.136. The highest BCUT2D eigenvalue weighted by atomic mass is 35.5. The summed E-state index contributed by atoms with van der Waals surface area (Å²) in [4.78, 5) is 39.1. The van der Waals surface area contributed by atoms with Gasteiger partial charge in [-0.3, -0.25) is 14.2 Å². The first-order valence-electron chi connectivity index (χ1n) is 10.0. The molecule has 1 atom stereocenters. The first-order valence-corrected chi connectivity index (χ1v) is 10.4. The van der Waals surface area contributed by atoms with Crippen molar-refractivity contribution in [3.8, 4) is 0 Å². The van der Waals surface area contributed by atoms with Crippen molar-refractivity contribution in [2.24, 2.45) is 11.7 Å². The Bertz CT molecular complexity index is 1040. The van der Waals surface area contributed by atoms with Crippen LogP contribution in [0, 0.1) is 11.7 Å². The molecule has 1 fully saturated rings. The van der Waals surface area contributed by atoms with E-state index in [9.17, 15) is 18.8 Å². The Kier molecular flexibility index (Phi) is 5.64. The first kappa shape index (κ1) is 20.6. The number of benzene rings is 1. The number of carbonyl (C=O) groups excluding carboxylic acids is 2. The monoisotopic (exact) mass is 435 g/mol. The zero-order valence-electron chi connectivity index (χ0n) is 16.4. The molecule has 0 saturated carbocycles. The zero-order valence-corrected chi connectivity index (χ0v) is 17.1. The van der Waals surface area contributed by atoms with Crippen LogP contribution in [0.25, 0.3) is 0 Å². The van der Waals surface area contributed by atoms with Gasteiger partial charge in [0.05, 0.1) is 12.5 Å². The molecule has 1 aromatic heterocycles. The molecule has 8 nitrogen and oxygen atoms in total. The van der Waals surface area contributed by atoms with E-state index in [1.165, 1.54) is 22.9 Å². The largest absolute Gasteiger partial charge is 0.369 e. The van der Waals surface area contributed by atoms with Crippen molar-refractivity contribution in [3.63, 3.8) is 0 Å². The van der Waals surface area contributed by atoms with Gasteiger partial charge in [0.15, 0.2) is 0 Å². The molecular formula is C20H23ClFN5O3. The van der Waals surface area contributed by atoms with E-state index in [0.29, 0.717) is 56.7 Å². The molecule has 2 aromatic rings. The van der Waals surface area contributed by atoms with Crippen LogP contribution in [0.5, 0.6) is 0 Å². The summed E-state index contributed by atoms with van der Waals surface area (Å²) in [5.74, 6) is -1.10. The Hall–Kier alpha value is -2.68. The third kappa shape index (κ3) is 3.86. The van der Waals surface area contributed by atoms with Gasteiger partial charge in [-0.05, 0) is 43.4 Å². The highest BCUT2D eigenvalue weighted by Crippen LogP contribution is 2.29. The highest BCUT2D eigenvalue weighted by molar-refractivity contribution is 6.31.